The van der Waals surface area contributed by atoms with Gasteiger partial charge >= 0.3 is 5.97 Å². The summed E-state index contributed by atoms with van der Waals surface area (Å²) in [6.45, 7) is 4.31. The predicted molar refractivity (Wildman–Crippen MR) is 123 cm³/mol. The van der Waals surface area contributed by atoms with Gasteiger partial charge < -0.3 is 20.2 Å². The first-order valence-corrected chi connectivity index (χ1v) is 10.7. The molecule has 0 spiro atoms. The number of nitrogens with zero attached hydrogens (tertiary/aromatic N) is 3. The second-order valence-electron chi connectivity index (χ2n) is 7.79. The molecule has 1 fully saturated rings. The maximum atomic E-state index is 14.1. The molecule has 3 aromatic rings. The number of fused-ring (bicyclic) bond motifs is 1. The molecule has 1 aliphatic heterocycles. The van der Waals surface area contributed by atoms with Crippen molar-refractivity contribution in [3.63, 3.8) is 0 Å². The Morgan fingerprint density at radius 1 is 1.06 bits per heavy atom. The number of hydrogen-bond donors (Lipinski definition) is 2. The monoisotopic (exact) mass is 436 g/mol. The molecule has 1 aliphatic rings. The van der Waals surface area contributed by atoms with E-state index >= 15 is 0 Å². The van der Waals surface area contributed by atoms with E-state index in [1.165, 1.54) is 6.07 Å². The van der Waals surface area contributed by atoms with Gasteiger partial charge in [-0.05, 0) is 42.8 Å². The molecule has 1 aromatic heterocycles. The molecule has 0 unspecified atom stereocenters. The minimum Gasteiger partial charge on any atom is -0.478 e. The van der Waals surface area contributed by atoms with E-state index in [2.05, 4.69) is 10.3 Å². The van der Waals surface area contributed by atoms with Crippen molar-refractivity contribution in [2.75, 3.05) is 41.3 Å². The maximum Gasteiger partial charge on any atom is 0.336 e. The molecule has 0 bridgehead atoms. The number of aromatic nitrogens is 1. The van der Waals surface area contributed by atoms with Crippen LogP contribution in [0.25, 0.3) is 10.9 Å². The molecule has 1 saturated heterocycles. The van der Waals surface area contributed by atoms with E-state index in [0.29, 0.717) is 60.7 Å². The summed E-state index contributed by atoms with van der Waals surface area (Å²) < 4.78 is 14.1. The van der Waals surface area contributed by atoms with Gasteiger partial charge in [0.2, 0.25) is 5.91 Å². The second-order valence-corrected chi connectivity index (χ2v) is 7.79. The minimum absolute atomic E-state index is 0.110. The summed E-state index contributed by atoms with van der Waals surface area (Å²) in [4.78, 5) is 32.5. The van der Waals surface area contributed by atoms with Crippen LogP contribution in [0.4, 0.5) is 21.6 Å². The average Bonchev–Trinajstić information content (AvgIpc) is 2.79. The van der Waals surface area contributed by atoms with Crippen molar-refractivity contribution >= 4 is 40.0 Å². The van der Waals surface area contributed by atoms with Crippen LogP contribution in [0.15, 0.2) is 48.5 Å². The van der Waals surface area contributed by atoms with E-state index < -0.39 is 5.97 Å². The van der Waals surface area contributed by atoms with Crippen molar-refractivity contribution in [1.82, 2.24) is 4.98 Å². The van der Waals surface area contributed by atoms with E-state index in [4.69, 9.17) is 0 Å². The van der Waals surface area contributed by atoms with Gasteiger partial charge in [0.05, 0.1) is 16.8 Å². The third kappa shape index (κ3) is 4.49. The number of aromatic carboxylic acids is 1. The SMILES string of the molecule is CCCC(=O)Nc1ccc2nc(N3CCN(c4ccccc4F)CC3)cc(C(=O)O)c2c1. The fraction of sp³-hybridized carbons (Fsp3) is 0.292. The Bertz CT molecular complexity index is 1160. The molecule has 4 rings (SSSR count). The lowest BCUT2D eigenvalue weighted by molar-refractivity contribution is -0.116. The highest BCUT2D eigenvalue weighted by Crippen LogP contribution is 2.28. The van der Waals surface area contributed by atoms with Crippen molar-refractivity contribution < 1.29 is 19.1 Å². The van der Waals surface area contributed by atoms with Crippen LogP contribution in [0.1, 0.15) is 30.1 Å². The number of carboxylic acids is 1. The van der Waals surface area contributed by atoms with Crippen molar-refractivity contribution in [3.05, 3.63) is 59.9 Å². The molecule has 2 N–H and O–H groups in total. The summed E-state index contributed by atoms with van der Waals surface area (Å²) in [7, 11) is 0. The molecule has 166 valence electrons. The third-order valence-corrected chi connectivity index (χ3v) is 5.58. The molecule has 32 heavy (non-hydrogen) atoms. The highest BCUT2D eigenvalue weighted by molar-refractivity contribution is 6.05. The Hall–Kier alpha value is -3.68. The zero-order valence-corrected chi connectivity index (χ0v) is 17.8. The zero-order valence-electron chi connectivity index (χ0n) is 17.8. The molecule has 0 atom stereocenters. The van der Waals surface area contributed by atoms with Gasteiger partial charge in [-0.3, -0.25) is 4.79 Å². The number of hydrogen-bond acceptors (Lipinski definition) is 5. The normalized spacial score (nSPS) is 13.9. The average molecular weight is 436 g/mol. The fourth-order valence-corrected chi connectivity index (χ4v) is 3.96. The minimum atomic E-state index is -1.05. The standard InChI is InChI=1S/C24H25FN4O3/c1-2-5-23(30)26-16-8-9-20-17(14-16)18(24(31)32)15-22(27-20)29-12-10-28(11-13-29)21-7-4-3-6-19(21)25/h3-4,6-9,14-15H,2,5,10-13H2,1H3,(H,26,30)(H,31,32). The van der Waals surface area contributed by atoms with E-state index in [1.807, 2.05) is 22.8 Å². The number of piperazine rings is 1. The van der Waals surface area contributed by atoms with Crippen molar-refractivity contribution in [3.8, 4) is 0 Å². The highest BCUT2D eigenvalue weighted by atomic mass is 19.1. The molecule has 2 aromatic carbocycles. The number of nitrogens with one attached hydrogen (secondary N) is 1. The van der Waals surface area contributed by atoms with E-state index in [1.54, 1.807) is 36.4 Å². The Kier molecular flexibility index (Phi) is 6.20. The van der Waals surface area contributed by atoms with E-state index in [-0.39, 0.29) is 17.3 Å². The Morgan fingerprint density at radius 3 is 2.47 bits per heavy atom. The molecule has 0 radical (unpaired) electrons. The number of para-hydroxylation sites is 1. The summed E-state index contributed by atoms with van der Waals surface area (Å²) in [6, 6.07) is 13.4. The van der Waals surface area contributed by atoms with Gasteiger partial charge in [0, 0.05) is 43.7 Å². The first-order chi connectivity index (χ1) is 15.5. The number of rotatable bonds is 6. The number of carbonyl (C=O) groups is 2. The lowest BCUT2D eigenvalue weighted by Crippen LogP contribution is -2.47. The molecule has 7 nitrogen and oxygen atoms in total. The quantitative estimate of drug-likeness (QED) is 0.604. The van der Waals surface area contributed by atoms with Crippen LogP contribution in [0.5, 0.6) is 0 Å². The summed E-state index contributed by atoms with van der Waals surface area (Å²) in [5, 5.41) is 13.1. The van der Waals surface area contributed by atoms with Gasteiger partial charge in [0.15, 0.2) is 0 Å². The first-order valence-electron chi connectivity index (χ1n) is 10.7. The summed E-state index contributed by atoms with van der Waals surface area (Å²) in [6.07, 6.45) is 1.13. The maximum absolute atomic E-state index is 14.1. The lowest BCUT2D eigenvalue weighted by atomic mass is 10.1. The first kappa shape index (κ1) is 21.5. The van der Waals surface area contributed by atoms with E-state index in [0.717, 1.165) is 6.42 Å². The smallest absolute Gasteiger partial charge is 0.336 e. The molecule has 8 heteroatoms. The number of pyridine rings is 1. The molecular formula is C24H25FN4O3. The Morgan fingerprint density at radius 2 is 1.78 bits per heavy atom. The van der Waals surface area contributed by atoms with Gasteiger partial charge in [0.1, 0.15) is 11.6 Å². The third-order valence-electron chi connectivity index (χ3n) is 5.58. The van der Waals surface area contributed by atoms with E-state index in [9.17, 15) is 19.1 Å². The molecule has 0 saturated carbocycles. The topological polar surface area (TPSA) is 85.8 Å². The lowest BCUT2D eigenvalue weighted by Gasteiger charge is -2.37. The number of benzene rings is 2. The number of anilines is 3. The van der Waals surface area contributed by atoms with Crippen molar-refractivity contribution in [2.45, 2.75) is 19.8 Å². The number of amides is 1. The molecule has 0 aliphatic carbocycles. The second kappa shape index (κ2) is 9.21. The predicted octanol–water partition coefficient (Wildman–Crippen LogP) is 4.14. The summed E-state index contributed by atoms with van der Waals surface area (Å²) >= 11 is 0. The van der Waals surface area contributed by atoms with Crippen molar-refractivity contribution in [1.29, 1.82) is 0 Å². The summed E-state index contributed by atoms with van der Waals surface area (Å²) in [5.41, 5.74) is 1.80. The van der Waals surface area contributed by atoms with Gasteiger partial charge in [-0.25, -0.2) is 14.2 Å². The number of carboxylic acid groups (broad SMARTS) is 1. The number of halogens is 1. The van der Waals surface area contributed by atoms with Crippen LogP contribution in [0.3, 0.4) is 0 Å². The summed E-state index contributed by atoms with van der Waals surface area (Å²) in [5.74, 6) is -0.840. The van der Waals surface area contributed by atoms with Gasteiger partial charge in [-0.2, -0.15) is 0 Å². The number of carbonyl (C=O) groups excluding carboxylic acids is 1. The Balaban J connectivity index is 1.58. The van der Waals surface area contributed by atoms with Crippen LogP contribution < -0.4 is 15.1 Å². The van der Waals surface area contributed by atoms with Crippen LogP contribution in [0.2, 0.25) is 0 Å². The van der Waals surface area contributed by atoms with Crippen LogP contribution in [-0.2, 0) is 4.79 Å². The molecule has 2 heterocycles. The van der Waals surface area contributed by atoms with Crippen LogP contribution >= 0.6 is 0 Å². The van der Waals surface area contributed by atoms with Crippen LogP contribution in [-0.4, -0.2) is 48.1 Å². The Labute approximate surface area is 185 Å². The van der Waals surface area contributed by atoms with Gasteiger partial charge in [-0.15, -0.1) is 0 Å². The van der Waals surface area contributed by atoms with Gasteiger partial charge in [-0.1, -0.05) is 19.1 Å². The zero-order chi connectivity index (χ0) is 22.7. The molecule has 1 amide bonds. The highest BCUT2D eigenvalue weighted by Gasteiger charge is 2.22. The van der Waals surface area contributed by atoms with Gasteiger partial charge in [0.25, 0.3) is 0 Å². The largest absolute Gasteiger partial charge is 0.478 e. The van der Waals surface area contributed by atoms with Crippen LogP contribution in [0, 0.1) is 5.82 Å². The van der Waals surface area contributed by atoms with Crippen molar-refractivity contribution in [2.24, 2.45) is 0 Å². The molecular weight excluding hydrogens is 411 g/mol. The fourth-order valence-electron chi connectivity index (χ4n) is 3.96.